The summed E-state index contributed by atoms with van der Waals surface area (Å²) < 4.78 is 6.19. The molecule has 0 saturated carbocycles. The molecule has 0 aliphatic rings. The van der Waals surface area contributed by atoms with E-state index < -0.39 is 0 Å². The first-order valence-corrected chi connectivity index (χ1v) is 8.82. The predicted octanol–water partition coefficient (Wildman–Crippen LogP) is 4.05. The number of rotatable bonds is 3. The molecule has 0 radical (unpaired) electrons. The van der Waals surface area contributed by atoms with Gasteiger partial charge in [-0.3, -0.25) is 10.1 Å². The largest absolute Gasteiger partial charge is 0.497 e. The van der Waals surface area contributed by atoms with Crippen molar-refractivity contribution in [3.63, 3.8) is 0 Å². The number of aryl methyl sites for hydroxylation is 2. The van der Waals surface area contributed by atoms with E-state index in [2.05, 4.69) is 15.6 Å². The molecule has 25 heavy (non-hydrogen) atoms. The third-order valence-electron chi connectivity index (χ3n) is 3.53. The van der Waals surface area contributed by atoms with Crippen LogP contribution in [0.2, 0.25) is 0 Å². The van der Waals surface area contributed by atoms with Crippen molar-refractivity contribution in [3.8, 4) is 5.75 Å². The van der Waals surface area contributed by atoms with Gasteiger partial charge in [0.2, 0.25) is 0 Å². The van der Waals surface area contributed by atoms with Crippen LogP contribution in [0.15, 0.2) is 36.4 Å². The molecule has 0 spiro atoms. The molecule has 1 amide bonds. The SMILES string of the molecule is COc1ccc2nc(NC(=S)NC(=O)c3cc(C)cc(C)c3)sc2c1. The van der Waals surface area contributed by atoms with Crippen LogP contribution in [0.25, 0.3) is 10.2 Å². The van der Waals surface area contributed by atoms with Crippen molar-refractivity contribution >= 4 is 49.9 Å². The Labute approximate surface area is 155 Å². The highest BCUT2D eigenvalue weighted by Gasteiger charge is 2.11. The van der Waals surface area contributed by atoms with E-state index in [1.165, 1.54) is 11.3 Å². The van der Waals surface area contributed by atoms with Gasteiger partial charge in [-0.05, 0) is 56.4 Å². The summed E-state index contributed by atoms with van der Waals surface area (Å²) in [6.45, 7) is 3.91. The standard InChI is InChI=1S/C18H17N3O2S2/c1-10-6-11(2)8-12(7-10)16(22)20-17(24)21-18-19-14-5-4-13(23-3)9-15(14)25-18/h4-9H,1-3H3,(H2,19,20,21,22,24). The lowest BCUT2D eigenvalue weighted by atomic mass is 10.1. The number of amides is 1. The normalized spacial score (nSPS) is 10.5. The summed E-state index contributed by atoms with van der Waals surface area (Å²) in [4.78, 5) is 16.8. The van der Waals surface area contributed by atoms with Gasteiger partial charge in [0.15, 0.2) is 10.2 Å². The Morgan fingerprint density at radius 3 is 2.56 bits per heavy atom. The van der Waals surface area contributed by atoms with Crippen LogP contribution in [0.5, 0.6) is 5.75 Å². The lowest BCUT2D eigenvalue weighted by Gasteiger charge is -2.08. The molecule has 3 rings (SSSR count). The van der Waals surface area contributed by atoms with Crippen LogP contribution in [0.1, 0.15) is 21.5 Å². The zero-order valence-electron chi connectivity index (χ0n) is 14.0. The maximum absolute atomic E-state index is 12.3. The molecule has 0 fully saturated rings. The lowest BCUT2D eigenvalue weighted by Crippen LogP contribution is -2.34. The van der Waals surface area contributed by atoms with Gasteiger partial charge < -0.3 is 10.1 Å². The number of nitrogens with zero attached hydrogens (tertiary/aromatic N) is 1. The zero-order chi connectivity index (χ0) is 18.0. The molecule has 5 nitrogen and oxygen atoms in total. The van der Waals surface area contributed by atoms with E-state index in [4.69, 9.17) is 17.0 Å². The summed E-state index contributed by atoms with van der Waals surface area (Å²) in [5.74, 6) is 0.528. The molecule has 2 aromatic carbocycles. The summed E-state index contributed by atoms with van der Waals surface area (Å²) >= 11 is 6.67. The van der Waals surface area contributed by atoms with Crippen molar-refractivity contribution < 1.29 is 9.53 Å². The van der Waals surface area contributed by atoms with Crippen molar-refractivity contribution in [3.05, 3.63) is 53.1 Å². The lowest BCUT2D eigenvalue weighted by molar-refractivity contribution is 0.0977. The van der Waals surface area contributed by atoms with Crippen LogP contribution < -0.4 is 15.4 Å². The van der Waals surface area contributed by atoms with Gasteiger partial charge in [-0.15, -0.1) is 0 Å². The Kier molecular flexibility index (Phi) is 4.96. The van der Waals surface area contributed by atoms with Crippen molar-refractivity contribution in [2.75, 3.05) is 12.4 Å². The number of carbonyl (C=O) groups is 1. The van der Waals surface area contributed by atoms with E-state index >= 15 is 0 Å². The highest BCUT2D eigenvalue weighted by Crippen LogP contribution is 2.29. The second kappa shape index (κ2) is 7.16. The Balaban J connectivity index is 1.70. The van der Waals surface area contributed by atoms with Crippen molar-refractivity contribution in [1.29, 1.82) is 0 Å². The van der Waals surface area contributed by atoms with Gasteiger partial charge in [-0.2, -0.15) is 0 Å². The van der Waals surface area contributed by atoms with E-state index in [1.54, 1.807) is 7.11 Å². The molecule has 1 aromatic heterocycles. The van der Waals surface area contributed by atoms with Crippen molar-refractivity contribution in [2.45, 2.75) is 13.8 Å². The Morgan fingerprint density at radius 1 is 1.16 bits per heavy atom. The first-order valence-electron chi connectivity index (χ1n) is 7.60. The number of nitrogens with one attached hydrogen (secondary N) is 2. The Hall–Kier alpha value is -2.51. The predicted molar refractivity (Wildman–Crippen MR) is 106 cm³/mol. The summed E-state index contributed by atoms with van der Waals surface area (Å²) in [6.07, 6.45) is 0. The van der Waals surface area contributed by atoms with Gasteiger partial charge in [0, 0.05) is 5.56 Å². The molecular formula is C18H17N3O2S2. The van der Waals surface area contributed by atoms with E-state index in [-0.39, 0.29) is 11.0 Å². The van der Waals surface area contributed by atoms with Crippen LogP contribution in [0.3, 0.4) is 0 Å². The number of fused-ring (bicyclic) bond motifs is 1. The number of benzene rings is 2. The van der Waals surface area contributed by atoms with Gasteiger partial charge in [-0.1, -0.05) is 28.5 Å². The fourth-order valence-electron chi connectivity index (χ4n) is 2.49. The summed E-state index contributed by atoms with van der Waals surface area (Å²) in [5, 5.41) is 6.49. The van der Waals surface area contributed by atoms with Crippen molar-refractivity contribution in [2.24, 2.45) is 0 Å². The van der Waals surface area contributed by atoms with Gasteiger partial charge in [0.25, 0.3) is 5.91 Å². The monoisotopic (exact) mass is 371 g/mol. The molecule has 0 bridgehead atoms. The molecule has 0 aliphatic carbocycles. The molecule has 128 valence electrons. The number of aromatic nitrogens is 1. The maximum Gasteiger partial charge on any atom is 0.257 e. The van der Waals surface area contributed by atoms with E-state index in [0.29, 0.717) is 10.7 Å². The summed E-state index contributed by atoms with van der Waals surface area (Å²) in [7, 11) is 1.62. The minimum Gasteiger partial charge on any atom is -0.497 e. The summed E-state index contributed by atoms with van der Waals surface area (Å²) in [6, 6.07) is 11.3. The summed E-state index contributed by atoms with van der Waals surface area (Å²) in [5.41, 5.74) is 3.49. The number of hydrogen-bond donors (Lipinski definition) is 2. The fraction of sp³-hybridized carbons (Fsp3) is 0.167. The first kappa shape index (κ1) is 17.3. The third kappa shape index (κ3) is 4.12. The van der Waals surface area contributed by atoms with Gasteiger partial charge in [0.05, 0.1) is 17.3 Å². The Bertz CT molecular complexity index is 946. The molecule has 1 heterocycles. The highest BCUT2D eigenvalue weighted by molar-refractivity contribution is 7.80. The average Bonchev–Trinajstić information content (AvgIpc) is 2.94. The highest BCUT2D eigenvalue weighted by atomic mass is 32.1. The number of anilines is 1. The molecule has 2 N–H and O–H groups in total. The van der Waals surface area contributed by atoms with Crippen LogP contribution in [0, 0.1) is 13.8 Å². The van der Waals surface area contributed by atoms with E-state index in [1.807, 2.05) is 50.2 Å². The minimum atomic E-state index is -0.243. The molecule has 0 saturated heterocycles. The third-order valence-corrected chi connectivity index (χ3v) is 4.66. The number of carbonyl (C=O) groups excluding carboxylic acids is 1. The number of ether oxygens (including phenoxy) is 1. The van der Waals surface area contributed by atoms with Crippen molar-refractivity contribution in [1.82, 2.24) is 10.3 Å². The topological polar surface area (TPSA) is 63.2 Å². The molecule has 0 unspecified atom stereocenters. The molecular weight excluding hydrogens is 354 g/mol. The van der Waals surface area contributed by atoms with E-state index in [9.17, 15) is 4.79 Å². The van der Waals surface area contributed by atoms with Crippen LogP contribution in [-0.4, -0.2) is 23.1 Å². The fourth-order valence-corrected chi connectivity index (χ4v) is 3.65. The van der Waals surface area contributed by atoms with Gasteiger partial charge >= 0.3 is 0 Å². The van der Waals surface area contributed by atoms with Crippen LogP contribution in [-0.2, 0) is 0 Å². The second-order valence-corrected chi connectivity index (χ2v) is 7.08. The zero-order valence-corrected chi connectivity index (χ0v) is 15.7. The number of thiazole rings is 1. The van der Waals surface area contributed by atoms with Gasteiger partial charge in [0.1, 0.15) is 5.75 Å². The van der Waals surface area contributed by atoms with E-state index in [0.717, 1.165) is 27.1 Å². The minimum absolute atomic E-state index is 0.218. The van der Waals surface area contributed by atoms with Crippen LogP contribution >= 0.6 is 23.6 Å². The first-order chi connectivity index (χ1) is 11.9. The molecule has 0 aliphatic heterocycles. The van der Waals surface area contributed by atoms with Gasteiger partial charge in [-0.25, -0.2) is 4.98 Å². The molecule has 0 atom stereocenters. The second-order valence-electron chi connectivity index (χ2n) is 5.64. The number of hydrogen-bond acceptors (Lipinski definition) is 5. The van der Waals surface area contributed by atoms with Crippen LogP contribution in [0.4, 0.5) is 5.13 Å². The average molecular weight is 371 g/mol. The molecule has 7 heteroatoms. The Morgan fingerprint density at radius 2 is 1.88 bits per heavy atom. The quantitative estimate of drug-likeness (QED) is 0.680. The number of methoxy groups -OCH3 is 1. The number of thiocarbonyl (C=S) groups is 1. The molecule has 3 aromatic rings. The maximum atomic E-state index is 12.3. The smallest absolute Gasteiger partial charge is 0.257 e.